The minimum absolute atomic E-state index is 0.112. The number of nitrogens with two attached hydrogens (primary N) is 1. The molecule has 1 aromatic rings. The number of likely N-dealkylation sites (N-methyl/N-ethyl adjacent to an activating group) is 2. The van der Waals surface area contributed by atoms with E-state index in [0.717, 1.165) is 31.6 Å². The molecule has 21 heavy (non-hydrogen) atoms. The van der Waals surface area contributed by atoms with E-state index in [9.17, 15) is 0 Å². The lowest BCUT2D eigenvalue weighted by Crippen LogP contribution is -2.52. The molecule has 0 bridgehead atoms. The lowest BCUT2D eigenvalue weighted by molar-refractivity contribution is 0.102. The lowest BCUT2D eigenvalue weighted by atomic mass is 9.82. The molecular weight excluding hydrogens is 286 g/mol. The predicted octanol–water partition coefficient (Wildman–Crippen LogP) is 2.22. The van der Waals surface area contributed by atoms with Crippen LogP contribution >= 0.6 is 11.6 Å². The molecule has 0 fully saturated rings. The molecule has 0 saturated heterocycles. The summed E-state index contributed by atoms with van der Waals surface area (Å²) in [4.78, 5) is 4.35. The van der Waals surface area contributed by atoms with Crippen molar-refractivity contribution >= 4 is 11.6 Å². The molecule has 122 valence electrons. The molecule has 0 saturated carbocycles. The maximum absolute atomic E-state index is 6.65. The van der Waals surface area contributed by atoms with Gasteiger partial charge in [-0.3, -0.25) is 4.68 Å². The first kappa shape index (κ1) is 18.4. The van der Waals surface area contributed by atoms with Crippen molar-refractivity contribution in [3.8, 4) is 0 Å². The Kier molecular flexibility index (Phi) is 6.66. The molecule has 2 N–H and O–H groups in total. The van der Waals surface area contributed by atoms with Gasteiger partial charge in [-0.15, -0.1) is 0 Å². The summed E-state index contributed by atoms with van der Waals surface area (Å²) in [6.07, 6.45) is 3.64. The van der Waals surface area contributed by atoms with Crippen molar-refractivity contribution in [2.75, 3.05) is 34.7 Å². The SMILES string of the molecule is CCC(CC)(C(N)c1c(Cl)cnn1CCN(C)C)N(C)C. The van der Waals surface area contributed by atoms with Crippen LogP contribution in [0.4, 0.5) is 0 Å². The highest BCUT2D eigenvalue weighted by molar-refractivity contribution is 6.31. The molecule has 0 aliphatic heterocycles. The Hall–Kier alpha value is -0.620. The summed E-state index contributed by atoms with van der Waals surface area (Å²) >= 11 is 6.38. The van der Waals surface area contributed by atoms with Crippen LogP contribution in [0.1, 0.15) is 38.4 Å². The third-order valence-electron chi connectivity index (χ3n) is 4.58. The average Bonchev–Trinajstić information content (AvgIpc) is 2.78. The minimum Gasteiger partial charge on any atom is -0.321 e. The molecule has 0 amide bonds. The van der Waals surface area contributed by atoms with Gasteiger partial charge in [-0.1, -0.05) is 25.4 Å². The number of rotatable bonds is 8. The second-order valence-electron chi connectivity index (χ2n) is 6.09. The van der Waals surface area contributed by atoms with Gasteiger partial charge in [0.05, 0.1) is 29.5 Å². The van der Waals surface area contributed by atoms with Crippen LogP contribution in [0.2, 0.25) is 5.02 Å². The van der Waals surface area contributed by atoms with Gasteiger partial charge in [-0.25, -0.2) is 0 Å². The summed E-state index contributed by atoms with van der Waals surface area (Å²) < 4.78 is 1.95. The van der Waals surface area contributed by atoms with E-state index in [1.54, 1.807) is 6.20 Å². The molecule has 1 heterocycles. The van der Waals surface area contributed by atoms with Gasteiger partial charge in [0, 0.05) is 12.1 Å². The van der Waals surface area contributed by atoms with Crippen molar-refractivity contribution in [2.45, 2.75) is 44.8 Å². The van der Waals surface area contributed by atoms with E-state index in [0.29, 0.717) is 5.02 Å². The van der Waals surface area contributed by atoms with Crippen molar-refractivity contribution in [1.82, 2.24) is 19.6 Å². The lowest BCUT2D eigenvalue weighted by Gasteiger charge is -2.43. The molecule has 1 atom stereocenters. The van der Waals surface area contributed by atoms with Gasteiger partial charge < -0.3 is 15.5 Å². The molecule has 1 aromatic heterocycles. The van der Waals surface area contributed by atoms with E-state index < -0.39 is 0 Å². The molecule has 0 aliphatic carbocycles. The first-order valence-corrected chi connectivity index (χ1v) is 7.96. The van der Waals surface area contributed by atoms with Gasteiger partial charge in [0.1, 0.15) is 0 Å². The smallest absolute Gasteiger partial charge is 0.0834 e. The summed E-state index contributed by atoms with van der Waals surface area (Å²) in [5, 5.41) is 5.07. The average molecular weight is 316 g/mol. The molecule has 6 heteroatoms. The van der Waals surface area contributed by atoms with Crippen LogP contribution < -0.4 is 5.73 Å². The predicted molar refractivity (Wildman–Crippen MR) is 89.7 cm³/mol. The molecule has 1 unspecified atom stereocenters. The van der Waals surface area contributed by atoms with Crippen LogP contribution in [0, 0.1) is 0 Å². The number of hydrogen-bond acceptors (Lipinski definition) is 4. The maximum atomic E-state index is 6.65. The van der Waals surface area contributed by atoms with Crippen LogP contribution in [0.3, 0.4) is 0 Å². The van der Waals surface area contributed by atoms with E-state index in [-0.39, 0.29) is 11.6 Å². The largest absolute Gasteiger partial charge is 0.321 e. The number of nitrogens with zero attached hydrogens (tertiary/aromatic N) is 4. The van der Waals surface area contributed by atoms with Gasteiger partial charge >= 0.3 is 0 Å². The van der Waals surface area contributed by atoms with Gasteiger partial charge in [0.25, 0.3) is 0 Å². The van der Waals surface area contributed by atoms with E-state index in [1.807, 2.05) is 18.8 Å². The second-order valence-corrected chi connectivity index (χ2v) is 6.49. The zero-order valence-corrected chi connectivity index (χ0v) is 15.0. The first-order valence-electron chi connectivity index (χ1n) is 7.59. The molecule has 5 nitrogen and oxygen atoms in total. The minimum atomic E-state index is -0.167. The highest BCUT2D eigenvalue weighted by atomic mass is 35.5. The molecule has 0 aliphatic rings. The standard InChI is InChI=1S/C15H30ClN5/c1-7-15(8-2,20(5)6)14(17)13-12(16)11-18-21(13)10-9-19(3)4/h11,14H,7-10,17H2,1-6H3. The third-order valence-corrected chi connectivity index (χ3v) is 4.87. The van der Waals surface area contributed by atoms with Gasteiger partial charge in [-0.05, 0) is 41.0 Å². The number of halogens is 1. The van der Waals surface area contributed by atoms with Crippen molar-refractivity contribution in [3.05, 3.63) is 16.9 Å². The Morgan fingerprint density at radius 1 is 1.29 bits per heavy atom. The maximum Gasteiger partial charge on any atom is 0.0834 e. The Morgan fingerprint density at radius 3 is 2.29 bits per heavy atom. The monoisotopic (exact) mass is 315 g/mol. The van der Waals surface area contributed by atoms with E-state index in [4.69, 9.17) is 17.3 Å². The van der Waals surface area contributed by atoms with Crippen LogP contribution in [-0.4, -0.2) is 59.9 Å². The van der Waals surface area contributed by atoms with Crippen molar-refractivity contribution in [3.63, 3.8) is 0 Å². The summed E-state index contributed by atoms with van der Waals surface area (Å²) in [7, 11) is 8.27. The van der Waals surface area contributed by atoms with Gasteiger partial charge in [-0.2, -0.15) is 5.10 Å². The Labute approximate surface area is 134 Å². The third kappa shape index (κ3) is 3.77. The molecule has 0 spiro atoms. The van der Waals surface area contributed by atoms with E-state index in [1.165, 1.54) is 0 Å². The summed E-state index contributed by atoms with van der Waals surface area (Å²) in [6.45, 7) is 6.06. The van der Waals surface area contributed by atoms with E-state index >= 15 is 0 Å². The fourth-order valence-corrected chi connectivity index (χ4v) is 3.27. The summed E-state index contributed by atoms with van der Waals surface area (Å²) in [6, 6.07) is -0.167. The molecule has 0 radical (unpaired) electrons. The summed E-state index contributed by atoms with van der Waals surface area (Å²) in [5.74, 6) is 0. The number of aromatic nitrogens is 2. The first-order chi connectivity index (χ1) is 9.80. The van der Waals surface area contributed by atoms with Crippen LogP contribution in [0.25, 0.3) is 0 Å². The Morgan fingerprint density at radius 2 is 1.86 bits per heavy atom. The zero-order valence-electron chi connectivity index (χ0n) is 14.2. The highest BCUT2D eigenvalue weighted by Crippen LogP contribution is 2.36. The van der Waals surface area contributed by atoms with Crippen molar-refractivity contribution < 1.29 is 0 Å². The molecule has 0 aromatic carbocycles. The highest BCUT2D eigenvalue weighted by Gasteiger charge is 2.39. The Balaban J connectivity index is 3.16. The van der Waals surface area contributed by atoms with Gasteiger partial charge in [0.15, 0.2) is 0 Å². The van der Waals surface area contributed by atoms with Crippen molar-refractivity contribution in [2.24, 2.45) is 5.73 Å². The molecule has 1 rings (SSSR count). The van der Waals surface area contributed by atoms with E-state index in [2.05, 4.69) is 42.8 Å². The second kappa shape index (κ2) is 7.58. The topological polar surface area (TPSA) is 50.3 Å². The van der Waals surface area contributed by atoms with Crippen LogP contribution in [0.15, 0.2) is 6.20 Å². The van der Waals surface area contributed by atoms with Crippen molar-refractivity contribution in [1.29, 1.82) is 0 Å². The molecular formula is C15H30ClN5. The van der Waals surface area contributed by atoms with Crippen LogP contribution in [0.5, 0.6) is 0 Å². The summed E-state index contributed by atoms with van der Waals surface area (Å²) in [5.41, 5.74) is 7.48. The fourth-order valence-electron chi connectivity index (χ4n) is 3.01. The fraction of sp³-hybridized carbons (Fsp3) is 0.800. The van der Waals surface area contributed by atoms with Gasteiger partial charge in [0.2, 0.25) is 0 Å². The zero-order chi connectivity index (χ0) is 16.2. The normalized spacial score (nSPS) is 14.2. The quantitative estimate of drug-likeness (QED) is 0.799. The Bertz CT molecular complexity index is 437. The van der Waals surface area contributed by atoms with Crippen LogP contribution in [-0.2, 0) is 6.54 Å². The number of hydrogen-bond donors (Lipinski definition) is 1.